The lowest BCUT2D eigenvalue weighted by Crippen LogP contribution is -2.57. The molecule has 4 nitrogen and oxygen atoms in total. The van der Waals surface area contributed by atoms with Gasteiger partial charge in [0.25, 0.3) is 0 Å². The Labute approximate surface area is 101 Å². The molecule has 0 aromatic heterocycles. The predicted molar refractivity (Wildman–Crippen MR) is 69.4 cm³/mol. The van der Waals surface area contributed by atoms with Gasteiger partial charge in [0, 0.05) is 26.2 Å². The van der Waals surface area contributed by atoms with Gasteiger partial charge in [-0.3, -0.25) is 19.6 Å². The van der Waals surface area contributed by atoms with Gasteiger partial charge in [-0.25, -0.2) is 0 Å². The van der Waals surface area contributed by atoms with Crippen LogP contribution in [0.5, 0.6) is 0 Å². The first-order valence-electron chi connectivity index (χ1n) is 6.24. The maximum Gasteiger partial charge on any atom is 0.0589 e. The largest absolute Gasteiger partial charge is 0.294 e. The molecule has 1 heterocycles. The monoisotopic (exact) mass is 228 g/mol. The molecule has 0 bridgehead atoms. The van der Waals surface area contributed by atoms with Crippen molar-refractivity contribution in [1.29, 1.82) is 0 Å². The van der Waals surface area contributed by atoms with Crippen LogP contribution in [-0.2, 0) is 0 Å². The van der Waals surface area contributed by atoms with E-state index in [0.29, 0.717) is 12.3 Å². The molecule has 16 heavy (non-hydrogen) atoms. The zero-order chi connectivity index (χ0) is 12.3. The van der Waals surface area contributed by atoms with Gasteiger partial charge in [-0.1, -0.05) is 0 Å². The first-order chi connectivity index (χ1) is 7.43. The van der Waals surface area contributed by atoms with E-state index in [4.69, 9.17) is 0 Å². The third kappa shape index (κ3) is 3.42. The van der Waals surface area contributed by atoms with Crippen molar-refractivity contribution >= 4 is 0 Å². The first kappa shape index (κ1) is 13.9. The minimum atomic E-state index is 0.553. The second-order valence-corrected chi connectivity index (χ2v) is 5.26. The van der Waals surface area contributed by atoms with E-state index in [9.17, 15) is 0 Å². The normalized spacial score (nSPS) is 24.0. The zero-order valence-corrected chi connectivity index (χ0v) is 11.8. The van der Waals surface area contributed by atoms with Crippen LogP contribution < -0.4 is 0 Å². The number of hydrogen-bond donors (Lipinski definition) is 0. The lowest BCUT2D eigenvalue weighted by molar-refractivity contribution is 0.00130. The molecule has 1 aliphatic heterocycles. The molecule has 0 aliphatic carbocycles. The Balaban J connectivity index is 2.39. The summed E-state index contributed by atoms with van der Waals surface area (Å²) >= 11 is 0. The molecule has 0 spiro atoms. The second-order valence-electron chi connectivity index (χ2n) is 5.26. The number of piperazine rings is 1. The summed E-state index contributed by atoms with van der Waals surface area (Å²) in [5.41, 5.74) is 0. The Hall–Kier alpha value is -0.160. The highest BCUT2D eigenvalue weighted by Gasteiger charge is 2.25. The van der Waals surface area contributed by atoms with Gasteiger partial charge in [0.05, 0.1) is 12.3 Å². The number of nitrogens with zero attached hydrogens (tertiary/aromatic N) is 4. The van der Waals surface area contributed by atoms with Crippen molar-refractivity contribution in [1.82, 2.24) is 19.6 Å². The molecule has 0 aromatic carbocycles. The molecule has 4 heteroatoms. The smallest absolute Gasteiger partial charge is 0.0589 e. The van der Waals surface area contributed by atoms with Gasteiger partial charge in [0.15, 0.2) is 0 Å². The van der Waals surface area contributed by atoms with E-state index in [2.05, 4.69) is 61.6 Å². The summed E-state index contributed by atoms with van der Waals surface area (Å²) in [5.74, 6) is 0. The lowest BCUT2D eigenvalue weighted by Gasteiger charge is -2.43. The molecule has 0 saturated carbocycles. The number of hydrogen-bond acceptors (Lipinski definition) is 4. The summed E-state index contributed by atoms with van der Waals surface area (Å²) in [6.45, 7) is 9.28. The fourth-order valence-electron chi connectivity index (χ4n) is 2.14. The van der Waals surface area contributed by atoms with E-state index < -0.39 is 0 Å². The highest BCUT2D eigenvalue weighted by molar-refractivity contribution is 4.77. The minimum absolute atomic E-state index is 0.553. The van der Waals surface area contributed by atoms with E-state index in [0.717, 1.165) is 0 Å². The summed E-state index contributed by atoms with van der Waals surface area (Å²) in [4.78, 5) is 9.67. The predicted octanol–water partition coefficient (Wildman–Crippen LogP) is 0.419. The average Bonchev–Trinajstić information content (AvgIpc) is 2.27. The molecule has 0 aromatic rings. The minimum Gasteiger partial charge on any atom is -0.294 e. The van der Waals surface area contributed by atoms with Crippen molar-refractivity contribution in [3.05, 3.63) is 0 Å². The van der Waals surface area contributed by atoms with Crippen LogP contribution in [-0.4, -0.2) is 86.3 Å². The Bertz CT molecular complexity index is 175. The van der Waals surface area contributed by atoms with Crippen LogP contribution in [0.4, 0.5) is 0 Å². The van der Waals surface area contributed by atoms with Gasteiger partial charge in [0.1, 0.15) is 0 Å². The van der Waals surface area contributed by atoms with Crippen LogP contribution in [0.3, 0.4) is 0 Å². The fraction of sp³-hybridized carbons (Fsp3) is 1.00. The molecular formula is C12H28N4. The molecule has 1 aliphatic rings. The van der Waals surface area contributed by atoms with E-state index in [1.54, 1.807) is 0 Å². The van der Waals surface area contributed by atoms with Crippen molar-refractivity contribution in [2.24, 2.45) is 0 Å². The third-order valence-corrected chi connectivity index (χ3v) is 3.90. The molecule has 0 amide bonds. The van der Waals surface area contributed by atoms with Gasteiger partial charge in [-0.15, -0.1) is 0 Å². The topological polar surface area (TPSA) is 13.0 Å². The van der Waals surface area contributed by atoms with Crippen molar-refractivity contribution in [2.75, 3.05) is 54.4 Å². The van der Waals surface area contributed by atoms with Crippen LogP contribution in [0.25, 0.3) is 0 Å². The summed E-state index contributed by atoms with van der Waals surface area (Å²) in [6.07, 6.45) is 1.11. The molecular weight excluding hydrogens is 200 g/mol. The SMILES string of the molecule is CC(N(C)C)N1CCN(C(C)N(C)C)CC1. The summed E-state index contributed by atoms with van der Waals surface area (Å²) in [6, 6.07) is 0. The zero-order valence-electron chi connectivity index (χ0n) is 11.8. The summed E-state index contributed by atoms with van der Waals surface area (Å²) in [7, 11) is 8.61. The van der Waals surface area contributed by atoms with Gasteiger partial charge in [0.2, 0.25) is 0 Å². The summed E-state index contributed by atoms with van der Waals surface area (Å²) < 4.78 is 0. The lowest BCUT2D eigenvalue weighted by atomic mass is 10.2. The Morgan fingerprint density at radius 1 is 0.688 bits per heavy atom. The van der Waals surface area contributed by atoms with Crippen molar-refractivity contribution in [3.63, 3.8) is 0 Å². The molecule has 96 valence electrons. The second kappa shape index (κ2) is 5.96. The van der Waals surface area contributed by atoms with Gasteiger partial charge < -0.3 is 0 Å². The average molecular weight is 228 g/mol. The first-order valence-corrected chi connectivity index (χ1v) is 6.24. The Kier molecular flexibility index (Phi) is 5.18. The third-order valence-electron chi connectivity index (χ3n) is 3.90. The van der Waals surface area contributed by atoms with Crippen LogP contribution in [0.1, 0.15) is 13.8 Å². The molecule has 2 unspecified atom stereocenters. The van der Waals surface area contributed by atoms with Crippen molar-refractivity contribution in [3.8, 4) is 0 Å². The molecule has 2 atom stereocenters. The summed E-state index contributed by atoms with van der Waals surface area (Å²) in [5, 5.41) is 0. The molecule has 1 saturated heterocycles. The molecule has 0 N–H and O–H groups in total. The fourth-order valence-corrected chi connectivity index (χ4v) is 2.14. The Morgan fingerprint density at radius 2 is 0.938 bits per heavy atom. The maximum absolute atomic E-state index is 2.55. The van der Waals surface area contributed by atoms with Crippen LogP contribution in [0.15, 0.2) is 0 Å². The van der Waals surface area contributed by atoms with Crippen LogP contribution in [0, 0.1) is 0 Å². The van der Waals surface area contributed by atoms with E-state index >= 15 is 0 Å². The maximum atomic E-state index is 2.55. The quantitative estimate of drug-likeness (QED) is 0.691. The standard InChI is InChI=1S/C12H28N4/c1-11(13(3)4)15-7-9-16(10-8-15)12(2)14(5)6/h11-12H,7-10H2,1-6H3. The highest BCUT2D eigenvalue weighted by Crippen LogP contribution is 2.11. The Morgan fingerprint density at radius 3 is 1.12 bits per heavy atom. The van der Waals surface area contributed by atoms with E-state index in [1.807, 2.05) is 0 Å². The highest BCUT2D eigenvalue weighted by atomic mass is 15.4. The van der Waals surface area contributed by atoms with Gasteiger partial charge in [-0.2, -0.15) is 0 Å². The molecule has 1 fully saturated rings. The number of rotatable bonds is 4. The van der Waals surface area contributed by atoms with Crippen molar-refractivity contribution in [2.45, 2.75) is 26.2 Å². The van der Waals surface area contributed by atoms with Crippen molar-refractivity contribution < 1.29 is 0 Å². The van der Waals surface area contributed by atoms with E-state index in [-0.39, 0.29) is 0 Å². The van der Waals surface area contributed by atoms with Gasteiger partial charge in [-0.05, 0) is 42.0 Å². The van der Waals surface area contributed by atoms with Gasteiger partial charge >= 0.3 is 0 Å². The molecule has 0 radical (unpaired) electrons. The van der Waals surface area contributed by atoms with Crippen LogP contribution >= 0.6 is 0 Å². The van der Waals surface area contributed by atoms with E-state index in [1.165, 1.54) is 26.2 Å². The van der Waals surface area contributed by atoms with Crippen LogP contribution in [0.2, 0.25) is 0 Å². The molecule has 1 rings (SSSR count).